The van der Waals surface area contributed by atoms with Gasteiger partial charge in [-0.05, 0) is 55.8 Å². The minimum Gasteiger partial charge on any atom is -0.462 e. The third-order valence-electron chi connectivity index (χ3n) is 3.85. The zero-order valence-electron chi connectivity index (χ0n) is 15.7. The van der Waals surface area contributed by atoms with E-state index in [1.54, 1.807) is 44.2 Å². The molecular weight excluding hydrogens is 404 g/mol. The first-order valence-electron chi connectivity index (χ1n) is 8.43. The van der Waals surface area contributed by atoms with Crippen LogP contribution in [0.2, 0.25) is 5.02 Å². The normalized spacial score (nSPS) is 11.0. The Balaban J connectivity index is 2.02. The molecule has 7 nitrogen and oxygen atoms in total. The number of hydrogen-bond acceptors (Lipinski definition) is 6. The average molecular weight is 425 g/mol. The maximum absolute atomic E-state index is 12.2. The molecule has 2 aromatic rings. The fourth-order valence-corrected chi connectivity index (χ4v) is 4.30. The molecule has 0 saturated carbocycles. The van der Waals surface area contributed by atoms with Crippen LogP contribution in [0.1, 0.15) is 22.8 Å². The smallest absolute Gasteiger partial charge is 0.338 e. The maximum atomic E-state index is 12.2. The van der Waals surface area contributed by atoms with Gasteiger partial charge in [0.15, 0.2) is 9.84 Å². The van der Waals surface area contributed by atoms with Crippen molar-refractivity contribution in [3.63, 3.8) is 0 Å². The summed E-state index contributed by atoms with van der Waals surface area (Å²) in [6.07, 6.45) is 1.08. The highest BCUT2D eigenvalue weighted by Gasteiger charge is 2.18. The molecule has 2 rings (SSSR count). The number of hydrogen-bond donors (Lipinski definition) is 2. The Bertz CT molecular complexity index is 988. The van der Waals surface area contributed by atoms with Crippen molar-refractivity contribution in [3.8, 4) is 0 Å². The summed E-state index contributed by atoms with van der Waals surface area (Å²) in [5, 5.41) is 5.73. The summed E-state index contributed by atoms with van der Waals surface area (Å²) in [6.45, 7) is 3.55. The summed E-state index contributed by atoms with van der Waals surface area (Å²) in [5.41, 5.74) is 1.85. The molecule has 0 atom stereocenters. The van der Waals surface area contributed by atoms with Crippen molar-refractivity contribution in [2.75, 3.05) is 30.0 Å². The molecule has 0 fully saturated rings. The van der Waals surface area contributed by atoms with Gasteiger partial charge in [0, 0.05) is 17.6 Å². The Hall–Kier alpha value is -2.58. The number of carbonyl (C=O) groups excluding carboxylic acids is 2. The van der Waals surface area contributed by atoms with Crippen molar-refractivity contribution >= 4 is 44.7 Å². The van der Waals surface area contributed by atoms with Crippen molar-refractivity contribution in [1.29, 1.82) is 0 Å². The van der Waals surface area contributed by atoms with Gasteiger partial charge >= 0.3 is 5.97 Å². The predicted molar refractivity (Wildman–Crippen MR) is 109 cm³/mol. The van der Waals surface area contributed by atoms with E-state index in [1.807, 2.05) is 0 Å². The number of ether oxygens (including phenoxy) is 1. The summed E-state index contributed by atoms with van der Waals surface area (Å²) < 4.78 is 28.7. The van der Waals surface area contributed by atoms with Gasteiger partial charge in [-0.3, -0.25) is 4.79 Å². The summed E-state index contributed by atoms with van der Waals surface area (Å²) in [6, 6.07) is 9.40. The van der Waals surface area contributed by atoms with E-state index in [1.165, 1.54) is 6.07 Å². The van der Waals surface area contributed by atoms with Crippen LogP contribution in [0.15, 0.2) is 41.3 Å². The Morgan fingerprint density at radius 2 is 1.75 bits per heavy atom. The summed E-state index contributed by atoms with van der Waals surface area (Å²) in [5.74, 6) is -0.763. The van der Waals surface area contributed by atoms with Crippen molar-refractivity contribution in [1.82, 2.24) is 0 Å². The number of halogens is 1. The lowest BCUT2D eigenvalue weighted by Gasteiger charge is -2.14. The molecule has 0 aliphatic heterocycles. The molecule has 0 bridgehead atoms. The number of nitrogens with one attached hydrogen (secondary N) is 2. The highest BCUT2D eigenvalue weighted by atomic mass is 35.5. The van der Waals surface area contributed by atoms with Gasteiger partial charge in [0.1, 0.15) is 0 Å². The minimum atomic E-state index is -3.50. The molecule has 150 valence electrons. The van der Waals surface area contributed by atoms with Gasteiger partial charge in [0.25, 0.3) is 0 Å². The summed E-state index contributed by atoms with van der Waals surface area (Å²) >= 11 is 5.99. The molecule has 0 aliphatic rings. The topological polar surface area (TPSA) is 102 Å². The van der Waals surface area contributed by atoms with E-state index in [2.05, 4.69) is 10.6 Å². The van der Waals surface area contributed by atoms with Gasteiger partial charge in [-0.15, -0.1) is 0 Å². The van der Waals surface area contributed by atoms with Crippen LogP contribution in [0, 0.1) is 6.92 Å². The van der Waals surface area contributed by atoms with Gasteiger partial charge < -0.3 is 15.4 Å². The van der Waals surface area contributed by atoms with Gasteiger partial charge in [-0.2, -0.15) is 0 Å². The van der Waals surface area contributed by atoms with Crippen LogP contribution in [-0.4, -0.2) is 39.7 Å². The predicted octanol–water partition coefficient (Wildman–Crippen LogP) is 3.28. The van der Waals surface area contributed by atoms with Crippen LogP contribution in [-0.2, 0) is 19.4 Å². The van der Waals surface area contributed by atoms with Crippen molar-refractivity contribution in [2.24, 2.45) is 0 Å². The van der Waals surface area contributed by atoms with Crippen molar-refractivity contribution in [3.05, 3.63) is 52.5 Å². The van der Waals surface area contributed by atoms with E-state index in [4.69, 9.17) is 16.3 Å². The lowest BCUT2D eigenvalue weighted by Crippen LogP contribution is -2.22. The van der Waals surface area contributed by atoms with Gasteiger partial charge in [-0.25, -0.2) is 13.2 Å². The van der Waals surface area contributed by atoms with E-state index in [9.17, 15) is 18.0 Å². The molecule has 2 N–H and O–H groups in total. The van der Waals surface area contributed by atoms with Crippen molar-refractivity contribution in [2.45, 2.75) is 18.7 Å². The van der Waals surface area contributed by atoms with Crippen LogP contribution in [0.4, 0.5) is 11.4 Å². The highest BCUT2D eigenvalue weighted by Crippen LogP contribution is 2.30. The third kappa shape index (κ3) is 5.46. The fourth-order valence-electron chi connectivity index (χ4n) is 2.59. The van der Waals surface area contributed by atoms with Gasteiger partial charge in [0.2, 0.25) is 5.91 Å². The Kier molecular flexibility index (Phi) is 7.04. The fraction of sp³-hybridized carbons (Fsp3) is 0.263. The number of amides is 1. The Labute approximate surface area is 169 Å². The Morgan fingerprint density at radius 3 is 2.32 bits per heavy atom. The second-order valence-corrected chi connectivity index (χ2v) is 8.38. The van der Waals surface area contributed by atoms with Crippen LogP contribution >= 0.6 is 11.6 Å². The summed E-state index contributed by atoms with van der Waals surface area (Å²) in [7, 11) is -3.50. The minimum absolute atomic E-state index is 0.0362. The number of sulfone groups is 1. The molecule has 2 aromatic carbocycles. The van der Waals surface area contributed by atoms with E-state index in [0.29, 0.717) is 22.5 Å². The zero-order chi connectivity index (χ0) is 20.9. The van der Waals surface area contributed by atoms with E-state index in [-0.39, 0.29) is 29.0 Å². The zero-order valence-corrected chi connectivity index (χ0v) is 17.3. The number of carbonyl (C=O) groups is 2. The molecule has 28 heavy (non-hydrogen) atoms. The quantitative estimate of drug-likeness (QED) is 0.661. The van der Waals surface area contributed by atoms with Crippen LogP contribution < -0.4 is 10.6 Å². The first kappa shape index (κ1) is 21.7. The number of anilines is 2. The van der Waals surface area contributed by atoms with Crippen LogP contribution in [0.5, 0.6) is 0 Å². The van der Waals surface area contributed by atoms with Crippen LogP contribution in [0.25, 0.3) is 0 Å². The molecule has 1 amide bonds. The van der Waals surface area contributed by atoms with E-state index >= 15 is 0 Å². The molecule has 9 heteroatoms. The molecule has 0 aliphatic carbocycles. The largest absolute Gasteiger partial charge is 0.462 e. The second-order valence-electron chi connectivity index (χ2n) is 6.02. The van der Waals surface area contributed by atoms with Gasteiger partial charge in [-0.1, -0.05) is 11.6 Å². The molecule has 0 spiro atoms. The third-order valence-corrected chi connectivity index (χ3v) is 5.54. The number of esters is 1. The average Bonchev–Trinajstić information content (AvgIpc) is 2.60. The molecule has 0 heterocycles. The second kappa shape index (κ2) is 9.07. The highest BCUT2D eigenvalue weighted by molar-refractivity contribution is 7.90. The molecule has 0 saturated heterocycles. The van der Waals surface area contributed by atoms with E-state index in [0.717, 1.165) is 6.26 Å². The number of rotatable bonds is 7. The molecule has 0 aromatic heterocycles. The monoisotopic (exact) mass is 424 g/mol. The lowest BCUT2D eigenvalue weighted by atomic mass is 10.2. The maximum Gasteiger partial charge on any atom is 0.338 e. The van der Waals surface area contributed by atoms with Crippen LogP contribution in [0.3, 0.4) is 0 Å². The first-order valence-corrected chi connectivity index (χ1v) is 10.7. The van der Waals surface area contributed by atoms with Crippen molar-refractivity contribution < 1.29 is 22.7 Å². The molecule has 0 radical (unpaired) electrons. The standard InChI is InChI=1S/C19H21ClN2O5S/c1-4-27-19(24)13-5-7-14(8-6-13)22-17(23)11-21-16-10-9-15(20)18(12(16)2)28(3,25)26/h5-10,21H,4,11H2,1-3H3,(H,22,23). The first-order chi connectivity index (χ1) is 13.1. The Morgan fingerprint density at radius 1 is 1.11 bits per heavy atom. The molecular formula is C19H21ClN2O5S. The van der Waals surface area contributed by atoms with Gasteiger partial charge in [0.05, 0.1) is 28.6 Å². The lowest BCUT2D eigenvalue weighted by molar-refractivity contribution is -0.114. The summed E-state index contributed by atoms with van der Waals surface area (Å²) in [4.78, 5) is 23.8. The molecule has 0 unspecified atom stereocenters. The number of benzene rings is 2. The SMILES string of the molecule is CCOC(=O)c1ccc(NC(=O)CNc2ccc(Cl)c(S(C)(=O)=O)c2C)cc1. The van der Waals surface area contributed by atoms with E-state index < -0.39 is 15.8 Å².